The highest BCUT2D eigenvalue weighted by Gasteiger charge is 2.33. The lowest BCUT2D eigenvalue weighted by Crippen LogP contribution is -2.09. The van der Waals surface area contributed by atoms with Crippen molar-refractivity contribution in [3.8, 4) is 0 Å². The van der Waals surface area contributed by atoms with Crippen molar-refractivity contribution in [3.05, 3.63) is 35.2 Å². The summed E-state index contributed by atoms with van der Waals surface area (Å²) in [5.74, 6) is -1.80. The lowest BCUT2D eigenvalue weighted by molar-refractivity contribution is -0.138. The molecule has 1 rings (SSSR count). The van der Waals surface area contributed by atoms with Gasteiger partial charge in [0.15, 0.2) is 0 Å². The van der Waals surface area contributed by atoms with Crippen LogP contribution < -0.4 is 5.73 Å². The van der Waals surface area contributed by atoms with Crippen LogP contribution in [0.1, 0.15) is 18.1 Å². The van der Waals surface area contributed by atoms with Gasteiger partial charge < -0.3 is 10.5 Å². The summed E-state index contributed by atoms with van der Waals surface area (Å²) >= 11 is 0. The Hall–Kier alpha value is -2.05. The van der Waals surface area contributed by atoms with Crippen LogP contribution in [0.3, 0.4) is 0 Å². The summed E-state index contributed by atoms with van der Waals surface area (Å²) < 4.78 is 55.8. The van der Waals surface area contributed by atoms with E-state index in [1.54, 1.807) is 6.92 Å². The van der Waals surface area contributed by atoms with Crippen LogP contribution >= 0.6 is 0 Å². The number of halogens is 4. The molecule has 1 aromatic carbocycles. The lowest BCUT2D eigenvalue weighted by Gasteiger charge is -2.11. The Labute approximate surface area is 106 Å². The Bertz CT molecular complexity index is 509. The van der Waals surface area contributed by atoms with Gasteiger partial charge in [-0.1, -0.05) is 0 Å². The van der Waals surface area contributed by atoms with Crippen molar-refractivity contribution in [2.45, 2.75) is 13.1 Å². The van der Waals surface area contributed by atoms with E-state index in [9.17, 15) is 22.4 Å². The fourth-order valence-electron chi connectivity index (χ4n) is 1.34. The average Bonchev–Trinajstić information content (AvgIpc) is 2.29. The number of alkyl halides is 3. The number of carbonyl (C=O) groups excluding carboxylic acids is 1. The van der Waals surface area contributed by atoms with E-state index >= 15 is 0 Å². The van der Waals surface area contributed by atoms with Gasteiger partial charge in [0.1, 0.15) is 5.82 Å². The van der Waals surface area contributed by atoms with E-state index in [0.717, 1.165) is 12.2 Å². The molecule has 0 fully saturated rings. The fourth-order valence-corrected chi connectivity index (χ4v) is 1.34. The van der Waals surface area contributed by atoms with Crippen molar-refractivity contribution >= 4 is 17.7 Å². The Morgan fingerprint density at radius 2 is 2.05 bits per heavy atom. The van der Waals surface area contributed by atoms with E-state index in [4.69, 9.17) is 5.73 Å². The second-order valence-corrected chi connectivity index (χ2v) is 3.54. The van der Waals surface area contributed by atoms with Gasteiger partial charge in [-0.15, -0.1) is 0 Å². The minimum Gasteiger partial charge on any atom is -0.463 e. The lowest BCUT2D eigenvalue weighted by atomic mass is 10.1. The molecule has 0 spiro atoms. The predicted octanol–water partition coefficient (Wildman–Crippen LogP) is 3.00. The molecule has 0 amide bonds. The maximum Gasteiger partial charge on any atom is 0.417 e. The molecule has 0 atom stereocenters. The molecule has 7 heteroatoms. The van der Waals surface area contributed by atoms with Gasteiger partial charge in [0, 0.05) is 6.08 Å². The molecule has 0 radical (unpaired) electrons. The number of hydrogen-bond donors (Lipinski definition) is 1. The third kappa shape index (κ3) is 3.97. The van der Waals surface area contributed by atoms with Crippen molar-refractivity contribution in [2.24, 2.45) is 0 Å². The van der Waals surface area contributed by atoms with Crippen molar-refractivity contribution in [2.75, 3.05) is 12.3 Å². The number of esters is 1. The average molecular weight is 277 g/mol. The summed E-state index contributed by atoms with van der Waals surface area (Å²) in [5, 5.41) is 0. The fraction of sp³-hybridized carbons (Fsp3) is 0.250. The molecule has 0 bridgehead atoms. The van der Waals surface area contributed by atoms with Crippen LogP contribution in [0.15, 0.2) is 18.2 Å². The van der Waals surface area contributed by atoms with E-state index in [-0.39, 0.29) is 6.61 Å². The van der Waals surface area contributed by atoms with Crippen molar-refractivity contribution < 1.29 is 27.1 Å². The van der Waals surface area contributed by atoms with Crippen LogP contribution in [0.2, 0.25) is 0 Å². The SMILES string of the molecule is CCOC(=O)C=Cc1cc(F)c(N)cc1C(F)(F)F. The van der Waals surface area contributed by atoms with Crippen LogP contribution in [-0.4, -0.2) is 12.6 Å². The number of hydrogen-bond acceptors (Lipinski definition) is 3. The molecule has 2 N–H and O–H groups in total. The van der Waals surface area contributed by atoms with Gasteiger partial charge in [-0.3, -0.25) is 0 Å². The van der Waals surface area contributed by atoms with Gasteiger partial charge in [-0.2, -0.15) is 13.2 Å². The quantitative estimate of drug-likeness (QED) is 0.400. The topological polar surface area (TPSA) is 52.3 Å². The monoisotopic (exact) mass is 277 g/mol. The number of ether oxygens (including phenoxy) is 1. The van der Waals surface area contributed by atoms with Crippen LogP contribution in [0.4, 0.5) is 23.2 Å². The first kappa shape index (κ1) is 15.0. The molecule has 0 unspecified atom stereocenters. The number of carbonyl (C=O) groups is 1. The second-order valence-electron chi connectivity index (χ2n) is 3.54. The summed E-state index contributed by atoms with van der Waals surface area (Å²) in [7, 11) is 0. The van der Waals surface area contributed by atoms with E-state index in [1.807, 2.05) is 0 Å². The maximum atomic E-state index is 13.2. The first-order chi connectivity index (χ1) is 8.75. The molecule has 0 saturated carbocycles. The van der Waals surface area contributed by atoms with Gasteiger partial charge in [-0.05, 0) is 30.7 Å². The second kappa shape index (κ2) is 5.73. The molecule has 0 aliphatic rings. The first-order valence-corrected chi connectivity index (χ1v) is 5.26. The molecule has 19 heavy (non-hydrogen) atoms. The van der Waals surface area contributed by atoms with Gasteiger partial charge in [0.05, 0.1) is 17.9 Å². The minimum atomic E-state index is -4.70. The van der Waals surface area contributed by atoms with Crippen molar-refractivity contribution in [3.63, 3.8) is 0 Å². The van der Waals surface area contributed by atoms with Crippen LogP contribution in [0.25, 0.3) is 6.08 Å². The number of nitrogen functional groups attached to an aromatic ring is 1. The highest BCUT2D eigenvalue weighted by Crippen LogP contribution is 2.34. The zero-order valence-corrected chi connectivity index (χ0v) is 9.92. The van der Waals surface area contributed by atoms with E-state index in [1.165, 1.54) is 0 Å². The zero-order valence-electron chi connectivity index (χ0n) is 9.92. The third-order valence-corrected chi connectivity index (χ3v) is 2.16. The first-order valence-electron chi connectivity index (χ1n) is 5.26. The van der Waals surface area contributed by atoms with Crippen LogP contribution in [0, 0.1) is 5.82 Å². The smallest absolute Gasteiger partial charge is 0.417 e. The summed E-state index contributed by atoms with van der Waals surface area (Å²) in [6, 6.07) is 1.11. The summed E-state index contributed by atoms with van der Waals surface area (Å²) in [6.45, 7) is 1.64. The molecule has 0 aliphatic carbocycles. The Morgan fingerprint density at radius 1 is 1.42 bits per heavy atom. The van der Waals surface area contributed by atoms with E-state index < -0.39 is 34.8 Å². The van der Waals surface area contributed by atoms with Gasteiger partial charge in [0.25, 0.3) is 0 Å². The van der Waals surface area contributed by atoms with Gasteiger partial charge in [-0.25, -0.2) is 9.18 Å². The number of benzene rings is 1. The molecular weight excluding hydrogens is 266 g/mol. The zero-order chi connectivity index (χ0) is 14.6. The Kier molecular flexibility index (Phi) is 4.52. The van der Waals surface area contributed by atoms with Crippen molar-refractivity contribution in [1.29, 1.82) is 0 Å². The number of anilines is 1. The molecule has 1 aromatic rings. The summed E-state index contributed by atoms with van der Waals surface area (Å²) in [6.07, 6.45) is -3.07. The maximum absolute atomic E-state index is 13.2. The molecule has 0 saturated heterocycles. The Morgan fingerprint density at radius 3 is 2.58 bits per heavy atom. The molecule has 0 aromatic heterocycles. The molecule has 0 heterocycles. The van der Waals surface area contributed by atoms with Crippen molar-refractivity contribution in [1.82, 2.24) is 0 Å². The normalized spacial score (nSPS) is 11.8. The van der Waals surface area contributed by atoms with E-state index in [0.29, 0.717) is 12.1 Å². The molecule has 104 valence electrons. The molecule has 3 nitrogen and oxygen atoms in total. The van der Waals surface area contributed by atoms with Gasteiger partial charge in [0.2, 0.25) is 0 Å². The summed E-state index contributed by atoms with van der Waals surface area (Å²) in [4.78, 5) is 11.0. The number of rotatable bonds is 3. The van der Waals surface area contributed by atoms with E-state index in [2.05, 4.69) is 4.74 Å². The minimum absolute atomic E-state index is 0.0887. The predicted molar refractivity (Wildman–Crippen MR) is 61.5 cm³/mol. The number of nitrogens with two attached hydrogens (primary N) is 1. The van der Waals surface area contributed by atoms with Gasteiger partial charge >= 0.3 is 12.1 Å². The standard InChI is InChI=1S/C12H11F4NO2/c1-2-19-11(18)4-3-7-5-9(13)10(17)6-8(7)12(14,15)16/h3-6H,2,17H2,1H3. The Balaban J connectivity index is 3.19. The van der Waals surface area contributed by atoms with Crippen LogP contribution in [-0.2, 0) is 15.7 Å². The molecule has 0 aliphatic heterocycles. The summed E-state index contributed by atoms with van der Waals surface area (Å²) in [5.41, 5.74) is 2.88. The third-order valence-electron chi connectivity index (χ3n) is 2.16. The largest absolute Gasteiger partial charge is 0.463 e. The highest BCUT2D eigenvalue weighted by molar-refractivity contribution is 5.87. The van der Waals surface area contributed by atoms with Crippen LogP contribution in [0.5, 0.6) is 0 Å². The highest BCUT2D eigenvalue weighted by atomic mass is 19.4. The molecular formula is C12H11F4NO2.